The van der Waals surface area contributed by atoms with E-state index >= 15 is 0 Å². The number of carbonyl (C=O) groups excluding carboxylic acids is 1. The van der Waals surface area contributed by atoms with Crippen molar-refractivity contribution < 1.29 is 14.3 Å². The third kappa shape index (κ3) is 4.80. The minimum Gasteiger partial charge on any atom is -0.388 e. The van der Waals surface area contributed by atoms with Crippen LogP contribution in [0.5, 0.6) is 0 Å². The summed E-state index contributed by atoms with van der Waals surface area (Å²) in [5.74, 6) is 1.56. The number of hydrogen-bond donors (Lipinski definition) is 2. The van der Waals surface area contributed by atoms with E-state index in [1.54, 1.807) is 12.1 Å². The van der Waals surface area contributed by atoms with Gasteiger partial charge in [0.15, 0.2) is 0 Å². The first-order valence-electron chi connectivity index (χ1n) is 6.89. The molecule has 0 atom stereocenters. The number of hydrogen-bond acceptors (Lipinski definition) is 3. The molecule has 1 aromatic carbocycles. The Morgan fingerprint density at radius 3 is 2.60 bits per heavy atom. The van der Waals surface area contributed by atoms with Gasteiger partial charge in [0.25, 0.3) is 0 Å². The molecule has 1 saturated heterocycles. The van der Waals surface area contributed by atoms with Gasteiger partial charge in [-0.15, -0.1) is 0 Å². The van der Waals surface area contributed by atoms with Crippen LogP contribution in [-0.4, -0.2) is 34.7 Å². The first-order valence-corrected chi connectivity index (χ1v) is 8.04. The molecular formula is C15H20FNO2S. The van der Waals surface area contributed by atoms with Gasteiger partial charge in [-0.25, -0.2) is 4.39 Å². The van der Waals surface area contributed by atoms with Crippen molar-refractivity contribution in [1.29, 1.82) is 0 Å². The fourth-order valence-electron chi connectivity index (χ4n) is 2.19. The SMILES string of the molecule is O=C(CCc1ccc(F)cc1)NCC1(O)CCSCC1. The zero-order chi connectivity index (χ0) is 14.4. The molecule has 1 aliphatic rings. The Balaban J connectivity index is 1.71. The molecule has 0 aromatic heterocycles. The van der Waals surface area contributed by atoms with E-state index in [4.69, 9.17) is 0 Å². The van der Waals surface area contributed by atoms with E-state index in [9.17, 15) is 14.3 Å². The normalized spacial score (nSPS) is 17.7. The summed E-state index contributed by atoms with van der Waals surface area (Å²) in [6.07, 6.45) is 2.41. The topological polar surface area (TPSA) is 49.3 Å². The van der Waals surface area contributed by atoms with Crippen LogP contribution in [0.15, 0.2) is 24.3 Å². The highest BCUT2D eigenvalue weighted by Crippen LogP contribution is 2.26. The van der Waals surface area contributed by atoms with Gasteiger partial charge in [-0.1, -0.05) is 12.1 Å². The summed E-state index contributed by atoms with van der Waals surface area (Å²) in [4.78, 5) is 11.8. The zero-order valence-electron chi connectivity index (χ0n) is 11.4. The van der Waals surface area contributed by atoms with Crippen LogP contribution < -0.4 is 5.32 Å². The van der Waals surface area contributed by atoms with Crippen molar-refractivity contribution in [2.24, 2.45) is 0 Å². The Labute approximate surface area is 123 Å². The van der Waals surface area contributed by atoms with Crippen LogP contribution in [0.1, 0.15) is 24.8 Å². The molecule has 2 N–H and O–H groups in total. The molecule has 1 aromatic rings. The first-order chi connectivity index (χ1) is 9.57. The number of carbonyl (C=O) groups is 1. The molecule has 5 heteroatoms. The number of nitrogens with one attached hydrogen (secondary N) is 1. The number of halogens is 1. The number of aliphatic hydroxyl groups is 1. The van der Waals surface area contributed by atoms with Gasteiger partial charge in [0.05, 0.1) is 5.60 Å². The minimum atomic E-state index is -0.739. The highest BCUT2D eigenvalue weighted by Gasteiger charge is 2.29. The fourth-order valence-corrected chi connectivity index (χ4v) is 3.44. The van der Waals surface area contributed by atoms with Crippen LogP contribution in [-0.2, 0) is 11.2 Å². The molecule has 1 amide bonds. The van der Waals surface area contributed by atoms with Crippen LogP contribution in [0, 0.1) is 5.82 Å². The van der Waals surface area contributed by atoms with Crippen LogP contribution >= 0.6 is 11.8 Å². The molecule has 0 aliphatic carbocycles. The van der Waals surface area contributed by atoms with E-state index in [2.05, 4.69) is 5.32 Å². The molecule has 0 radical (unpaired) electrons. The molecule has 0 saturated carbocycles. The maximum Gasteiger partial charge on any atom is 0.220 e. The third-order valence-electron chi connectivity index (χ3n) is 3.59. The Hall–Kier alpha value is -1.07. The summed E-state index contributed by atoms with van der Waals surface area (Å²) < 4.78 is 12.7. The molecule has 0 bridgehead atoms. The maximum atomic E-state index is 12.7. The second-order valence-corrected chi connectivity index (χ2v) is 6.46. The van der Waals surface area contributed by atoms with Gasteiger partial charge in [-0.2, -0.15) is 11.8 Å². The second kappa shape index (κ2) is 7.09. The van der Waals surface area contributed by atoms with Crippen molar-refractivity contribution in [3.63, 3.8) is 0 Å². The smallest absolute Gasteiger partial charge is 0.220 e. The van der Waals surface area contributed by atoms with Gasteiger partial charge in [0.1, 0.15) is 5.82 Å². The lowest BCUT2D eigenvalue weighted by Crippen LogP contribution is -2.45. The highest BCUT2D eigenvalue weighted by atomic mass is 32.2. The Morgan fingerprint density at radius 1 is 1.30 bits per heavy atom. The van der Waals surface area contributed by atoms with Gasteiger partial charge >= 0.3 is 0 Å². The summed E-state index contributed by atoms with van der Waals surface area (Å²) in [5.41, 5.74) is 0.200. The molecule has 0 unspecified atom stereocenters. The lowest BCUT2D eigenvalue weighted by Gasteiger charge is -2.31. The molecule has 110 valence electrons. The number of rotatable bonds is 5. The number of amides is 1. The summed E-state index contributed by atoms with van der Waals surface area (Å²) in [6.45, 7) is 0.329. The molecular weight excluding hydrogens is 277 g/mol. The number of aryl methyl sites for hydroxylation is 1. The van der Waals surface area contributed by atoms with E-state index in [0.29, 0.717) is 19.4 Å². The predicted molar refractivity (Wildman–Crippen MR) is 79.2 cm³/mol. The largest absolute Gasteiger partial charge is 0.388 e. The van der Waals surface area contributed by atoms with Crippen molar-refractivity contribution >= 4 is 17.7 Å². The van der Waals surface area contributed by atoms with Gasteiger partial charge in [-0.05, 0) is 48.5 Å². The standard InChI is InChI=1S/C15H20FNO2S/c16-13-4-1-12(2-5-13)3-6-14(18)17-11-15(19)7-9-20-10-8-15/h1-2,4-5,19H,3,6-11H2,(H,17,18). The van der Waals surface area contributed by atoms with E-state index in [1.807, 2.05) is 11.8 Å². The van der Waals surface area contributed by atoms with Gasteiger partial charge in [0.2, 0.25) is 5.91 Å². The summed E-state index contributed by atoms with van der Waals surface area (Å²) >= 11 is 1.84. The van der Waals surface area contributed by atoms with Crippen molar-refractivity contribution in [3.05, 3.63) is 35.6 Å². The van der Waals surface area contributed by atoms with E-state index in [-0.39, 0.29) is 11.7 Å². The third-order valence-corrected chi connectivity index (χ3v) is 4.58. The minimum absolute atomic E-state index is 0.0685. The highest BCUT2D eigenvalue weighted by molar-refractivity contribution is 7.99. The molecule has 3 nitrogen and oxygen atoms in total. The Morgan fingerprint density at radius 2 is 1.95 bits per heavy atom. The zero-order valence-corrected chi connectivity index (χ0v) is 12.2. The Kier molecular flexibility index (Phi) is 5.43. The summed E-state index contributed by atoms with van der Waals surface area (Å²) in [5, 5.41) is 13.1. The van der Waals surface area contributed by atoms with Crippen molar-refractivity contribution in [2.75, 3.05) is 18.1 Å². The molecule has 0 spiro atoms. The van der Waals surface area contributed by atoms with Crippen molar-refractivity contribution in [3.8, 4) is 0 Å². The van der Waals surface area contributed by atoms with Crippen LogP contribution in [0.4, 0.5) is 4.39 Å². The molecule has 1 fully saturated rings. The van der Waals surface area contributed by atoms with Crippen LogP contribution in [0.2, 0.25) is 0 Å². The molecule has 2 rings (SSSR count). The first kappa shape index (κ1) is 15.3. The quantitative estimate of drug-likeness (QED) is 0.875. The van der Waals surface area contributed by atoms with Crippen LogP contribution in [0.25, 0.3) is 0 Å². The summed E-state index contributed by atoms with van der Waals surface area (Å²) in [6, 6.07) is 6.17. The second-order valence-electron chi connectivity index (χ2n) is 5.24. The summed E-state index contributed by atoms with van der Waals surface area (Å²) in [7, 11) is 0. The number of thioether (sulfide) groups is 1. The van der Waals surface area contributed by atoms with E-state index in [1.165, 1.54) is 12.1 Å². The molecule has 20 heavy (non-hydrogen) atoms. The van der Waals surface area contributed by atoms with Gasteiger partial charge in [-0.3, -0.25) is 4.79 Å². The monoisotopic (exact) mass is 297 g/mol. The number of benzene rings is 1. The maximum absolute atomic E-state index is 12.7. The van der Waals surface area contributed by atoms with Crippen molar-refractivity contribution in [2.45, 2.75) is 31.3 Å². The lowest BCUT2D eigenvalue weighted by atomic mass is 9.97. The van der Waals surface area contributed by atoms with Gasteiger partial charge in [0, 0.05) is 13.0 Å². The van der Waals surface area contributed by atoms with Crippen molar-refractivity contribution in [1.82, 2.24) is 5.32 Å². The molecule has 1 aliphatic heterocycles. The van der Waals surface area contributed by atoms with E-state index in [0.717, 1.165) is 29.9 Å². The Bertz CT molecular complexity index is 444. The average Bonchev–Trinajstić information content (AvgIpc) is 2.45. The van der Waals surface area contributed by atoms with Gasteiger partial charge < -0.3 is 10.4 Å². The fraction of sp³-hybridized carbons (Fsp3) is 0.533. The van der Waals surface area contributed by atoms with Crippen LogP contribution in [0.3, 0.4) is 0 Å². The average molecular weight is 297 g/mol. The molecule has 1 heterocycles. The van der Waals surface area contributed by atoms with E-state index < -0.39 is 5.60 Å². The lowest BCUT2D eigenvalue weighted by molar-refractivity contribution is -0.122. The predicted octanol–water partition coefficient (Wildman–Crippen LogP) is 2.13.